The lowest BCUT2D eigenvalue weighted by atomic mass is 9.88. The van der Waals surface area contributed by atoms with Crippen LogP contribution in [0.3, 0.4) is 0 Å². The Kier molecular flexibility index (Phi) is 9.21. The fraction of sp³-hybridized carbons (Fsp3) is 0.857. The zero-order chi connectivity index (χ0) is 14.8. The Labute approximate surface area is 115 Å². The number of aliphatic carboxylic acids is 1. The number of nitrogens with two attached hydrogens (primary N) is 1. The largest absolute Gasteiger partial charge is 0.481 e. The van der Waals surface area contributed by atoms with Gasteiger partial charge in [-0.1, -0.05) is 20.8 Å². The Bertz CT molecular complexity index is 280. The van der Waals surface area contributed by atoms with Crippen molar-refractivity contribution in [2.75, 3.05) is 6.54 Å². The number of hydrogen-bond donors (Lipinski definition) is 3. The molecule has 2 unspecified atom stereocenters. The van der Waals surface area contributed by atoms with Gasteiger partial charge in [-0.05, 0) is 31.1 Å². The number of carboxylic acid groups (broad SMARTS) is 1. The summed E-state index contributed by atoms with van der Waals surface area (Å²) in [5.74, 6) is -0.0240. The Morgan fingerprint density at radius 3 is 2.37 bits per heavy atom. The monoisotopic (exact) mass is 272 g/mol. The zero-order valence-corrected chi connectivity index (χ0v) is 12.3. The maximum Gasteiger partial charge on any atom is 0.303 e. The Morgan fingerprint density at radius 1 is 1.26 bits per heavy atom. The van der Waals surface area contributed by atoms with Crippen LogP contribution < -0.4 is 11.1 Å². The van der Waals surface area contributed by atoms with Gasteiger partial charge in [0.1, 0.15) is 0 Å². The normalized spacial score (nSPS) is 14.2. The van der Waals surface area contributed by atoms with Crippen molar-refractivity contribution in [1.82, 2.24) is 5.32 Å². The fourth-order valence-electron chi connectivity index (χ4n) is 1.97. The minimum atomic E-state index is -0.761. The van der Waals surface area contributed by atoms with Gasteiger partial charge in [-0.2, -0.15) is 0 Å². The molecule has 4 N–H and O–H groups in total. The van der Waals surface area contributed by atoms with E-state index >= 15 is 0 Å². The smallest absolute Gasteiger partial charge is 0.303 e. The summed E-state index contributed by atoms with van der Waals surface area (Å²) < 4.78 is 0. The minimum absolute atomic E-state index is 0.0184. The summed E-state index contributed by atoms with van der Waals surface area (Å²) in [5.41, 5.74) is 5.71. The number of rotatable bonds is 10. The van der Waals surface area contributed by atoms with Gasteiger partial charge in [-0.3, -0.25) is 9.59 Å². The third kappa shape index (κ3) is 9.47. The number of hydrogen-bond acceptors (Lipinski definition) is 3. The second kappa shape index (κ2) is 9.78. The first-order valence-electron chi connectivity index (χ1n) is 7.10. The standard InChI is InChI=1S/C14H28N2O3/c1-4-12(15)9-13(17)16-8-7-11(10(2)3)5-6-14(18)19/h10-12H,4-9,15H2,1-3H3,(H,16,17)(H,18,19). The molecule has 0 heterocycles. The van der Waals surface area contributed by atoms with Crippen LogP contribution in [0.2, 0.25) is 0 Å². The van der Waals surface area contributed by atoms with Gasteiger partial charge in [0.05, 0.1) is 0 Å². The summed E-state index contributed by atoms with van der Waals surface area (Å²) >= 11 is 0. The first-order valence-corrected chi connectivity index (χ1v) is 7.10. The topological polar surface area (TPSA) is 92.4 Å². The Hall–Kier alpha value is -1.10. The highest BCUT2D eigenvalue weighted by atomic mass is 16.4. The van der Waals surface area contributed by atoms with E-state index in [1.807, 2.05) is 6.92 Å². The predicted molar refractivity (Wildman–Crippen MR) is 75.7 cm³/mol. The molecule has 2 atom stereocenters. The van der Waals surface area contributed by atoms with Crippen LogP contribution in [0.25, 0.3) is 0 Å². The molecule has 5 heteroatoms. The molecule has 0 aromatic heterocycles. The molecule has 0 aromatic rings. The Balaban J connectivity index is 3.92. The molecule has 0 aromatic carbocycles. The van der Waals surface area contributed by atoms with E-state index in [9.17, 15) is 9.59 Å². The summed E-state index contributed by atoms with van der Waals surface area (Å²) in [4.78, 5) is 22.1. The van der Waals surface area contributed by atoms with Gasteiger partial charge in [0.25, 0.3) is 0 Å². The molecule has 0 aliphatic carbocycles. The van der Waals surface area contributed by atoms with Crippen LogP contribution in [-0.4, -0.2) is 29.6 Å². The summed E-state index contributed by atoms with van der Waals surface area (Å²) in [5, 5.41) is 11.6. The lowest BCUT2D eigenvalue weighted by molar-refractivity contribution is -0.137. The van der Waals surface area contributed by atoms with Crippen LogP contribution in [0.1, 0.15) is 52.9 Å². The van der Waals surface area contributed by atoms with Crippen molar-refractivity contribution in [3.8, 4) is 0 Å². The van der Waals surface area contributed by atoms with E-state index in [1.165, 1.54) is 0 Å². The van der Waals surface area contributed by atoms with Gasteiger partial charge >= 0.3 is 5.97 Å². The van der Waals surface area contributed by atoms with Crippen molar-refractivity contribution < 1.29 is 14.7 Å². The molecule has 0 saturated carbocycles. The van der Waals surface area contributed by atoms with Crippen molar-refractivity contribution >= 4 is 11.9 Å². The lowest BCUT2D eigenvalue weighted by Gasteiger charge is -2.20. The highest BCUT2D eigenvalue weighted by Gasteiger charge is 2.15. The molecule has 0 aliphatic rings. The maximum absolute atomic E-state index is 11.5. The number of carboxylic acids is 1. The van der Waals surface area contributed by atoms with Crippen molar-refractivity contribution in [1.29, 1.82) is 0 Å². The highest BCUT2D eigenvalue weighted by Crippen LogP contribution is 2.20. The average Bonchev–Trinajstić information content (AvgIpc) is 2.32. The molecule has 0 spiro atoms. The summed E-state index contributed by atoms with van der Waals surface area (Å²) in [7, 11) is 0. The summed E-state index contributed by atoms with van der Waals surface area (Å²) in [6, 6.07) is -0.0760. The Morgan fingerprint density at radius 2 is 1.89 bits per heavy atom. The van der Waals surface area contributed by atoms with E-state index in [-0.39, 0.29) is 18.4 Å². The SMILES string of the molecule is CCC(N)CC(=O)NCCC(CCC(=O)O)C(C)C. The van der Waals surface area contributed by atoms with Crippen LogP contribution in [0, 0.1) is 11.8 Å². The van der Waals surface area contributed by atoms with E-state index in [0.717, 1.165) is 12.8 Å². The fourth-order valence-corrected chi connectivity index (χ4v) is 1.97. The van der Waals surface area contributed by atoms with Crippen LogP contribution >= 0.6 is 0 Å². The molecule has 0 saturated heterocycles. The maximum atomic E-state index is 11.5. The van der Waals surface area contributed by atoms with Gasteiger partial charge in [-0.25, -0.2) is 0 Å². The number of nitrogens with one attached hydrogen (secondary N) is 1. The zero-order valence-electron chi connectivity index (χ0n) is 12.3. The molecule has 0 rings (SSSR count). The second-order valence-electron chi connectivity index (χ2n) is 5.45. The van der Waals surface area contributed by atoms with Gasteiger partial charge in [0.2, 0.25) is 5.91 Å². The van der Waals surface area contributed by atoms with Crippen LogP contribution in [0.5, 0.6) is 0 Å². The minimum Gasteiger partial charge on any atom is -0.481 e. The first-order chi connectivity index (χ1) is 8.86. The molecule has 0 bridgehead atoms. The third-order valence-corrected chi connectivity index (χ3v) is 3.48. The van der Waals surface area contributed by atoms with Gasteiger partial charge in [-0.15, -0.1) is 0 Å². The van der Waals surface area contributed by atoms with Crippen molar-refractivity contribution in [3.63, 3.8) is 0 Å². The van der Waals surface area contributed by atoms with Gasteiger partial charge in [0, 0.05) is 25.4 Å². The molecule has 0 radical (unpaired) electrons. The van der Waals surface area contributed by atoms with E-state index in [4.69, 9.17) is 10.8 Å². The van der Waals surface area contributed by atoms with Crippen molar-refractivity contribution in [2.24, 2.45) is 17.6 Å². The molecule has 0 fully saturated rings. The number of amides is 1. The average molecular weight is 272 g/mol. The summed E-state index contributed by atoms with van der Waals surface area (Å²) in [6.45, 7) is 6.72. The van der Waals surface area contributed by atoms with Crippen LogP contribution in [-0.2, 0) is 9.59 Å². The number of carbonyl (C=O) groups is 2. The molecule has 5 nitrogen and oxygen atoms in total. The lowest BCUT2D eigenvalue weighted by Crippen LogP contribution is -2.32. The van der Waals surface area contributed by atoms with Gasteiger partial charge in [0.15, 0.2) is 0 Å². The quantitative estimate of drug-likeness (QED) is 0.565. The summed E-state index contributed by atoms with van der Waals surface area (Å²) in [6.07, 6.45) is 2.82. The molecular formula is C14H28N2O3. The second-order valence-corrected chi connectivity index (χ2v) is 5.45. The van der Waals surface area contributed by atoms with E-state index < -0.39 is 5.97 Å². The van der Waals surface area contributed by atoms with Crippen molar-refractivity contribution in [3.05, 3.63) is 0 Å². The van der Waals surface area contributed by atoms with Crippen LogP contribution in [0.4, 0.5) is 0 Å². The van der Waals surface area contributed by atoms with E-state index in [0.29, 0.717) is 31.2 Å². The molecule has 0 aliphatic heterocycles. The molecule has 112 valence electrons. The molecule has 1 amide bonds. The van der Waals surface area contributed by atoms with Crippen LogP contribution in [0.15, 0.2) is 0 Å². The molecular weight excluding hydrogens is 244 g/mol. The highest BCUT2D eigenvalue weighted by molar-refractivity contribution is 5.76. The third-order valence-electron chi connectivity index (χ3n) is 3.48. The number of carbonyl (C=O) groups excluding carboxylic acids is 1. The first kappa shape index (κ1) is 17.9. The van der Waals surface area contributed by atoms with Crippen molar-refractivity contribution in [2.45, 2.75) is 58.9 Å². The molecule has 19 heavy (non-hydrogen) atoms. The van der Waals surface area contributed by atoms with Gasteiger partial charge < -0.3 is 16.2 Å². The van der Waals surface area contributed by atoms with E-state index in [1.54, 1.807) is 0 Å². The van der Waals surface area contributed by atoms with E-state index in [2.05, 4.69) is 19.2 Å². The predicted octanol–water partition coefficient (Wildman–Crippen LogP) is 1.76.